The van der Waals surface area contributed by atoms with E-state index in [1.807, 2.05) is 0 Å². The molecule has 3 rings (SSSR count). The second kappa shape index (κ2) is 7.87. The fourth-order valence-electron chi connectivity index (χ4n) is 2.65. The number of nitrogens with one attached hydrogen (secondary N) is 3. The second-order valence-electron chi connectivity index (χ2n) is 5.94. The zero-order valence-corrected chi connectivity index (χ0v) is 16.1. The highest BCUT2D eigenvalue weighted by molar-refractivity contribution is 7.89. The quantitative estimate of drug-likeness (QED) is 0.659. The maximum Gasteiger partial charge on any atom is 0.251 e. The van der Waals surface area contributed by atoms with E-state index in [0.29, 0.717) is 28.3 Å². The van der Waals surface area contributed by atoms with Crippen LogP contribution < -0.4 is 24.8 Å². The molecule has 1 heterocycles. The van der Waals surface area contributed by atoms with Crippen LogP contribution in [0, 0.1) is 6.92 Å². The third kappa shape index (κ3) is 4.07. The summed E-state index contributed by atoms with van der Waals surface area (Å²) in [7, 11) is -2.34. The molecule has 9 nitrogen and oxygen atoms in total. The molecule has 1 aliphatic rings. The normalized spacial score (nSPS) is 12.5. The summed E-state index contributed by atoms with van der Waals surface area (Å²) < 4.78 is 36.7. The highest BCUT2D eigenvalue weighted by Crippen LogP contribution is 2.32. The average Bonchev–Trinajstić information content (AvgIpc) is 3.15. The van der Waals surface area contributed by atoms with Gasteiger partial charge in [-0.05, 0) is 49.9 Å². The molecule has 0 atom stereocenters. The molecule has 0 saturated heterocycles. The predicted octanol–water partition coefficient (Wildman–Crippen LogP) is 1.00. The molecule has 1 aliphatic heterocycles. The first-order valence-corrected chi connectivity index (χ1v) is 9.81. The number of rotatable bonds is 6. The lowest BCUT2D eigenvalue weighted by molar-refractivity contribution is -0.115. The molecule has 148 valence electrons. The third-order valence-corrected chi connectivity index (χ3v) is 5.72. The molecule has 0 fully saturated rings. The predicted molar refractivity (Wildman–Crippen MR) is 101 cm³/mol. The Morgan fingerprint density at radius 2 is 1.86 bits per heavy atom. The average molecular weight is 405 g/mol. The zero-order chi connectivity index (χ0) is 20.3. The molecular weight excluding hydrogens is 386 g/mol. The van der Waals surface area contributed by atoms with Gasteiger partial charge in [0, 0.05) is 11.3 Å². The molecule has 2 amide bonds. The second-order valence-corrected chi connectivity index (χ2v) is 7.79. The van der Waals surface area contributed by atoms with Crippen molar-refractivity contribution in [2.75, 3.05) is 25.7 Å². The number of anilines is 1. The Hall–Kier alpha value is -3.11. The van der Waals surface area contributed by atoms with E-state index < -0.39 is 21.8 Å². The molecule has 3 N–H and O–H groups in total. The Morgan fingerprint density at radius 1 is 1.11 bits per heavy atom. The standard InChI is InChI=1S/C18H19N3O6S/c1-11-13(4-3-5-16(11)28(24,25)19-2)21-17(22)9-20-18(23)12-6-7-14-15(8-12)27-10-26-14/h3-8,19H,9-10H2,1-2H3,(H,20,23)(H,21,22). The van der Waals surface area contributed by atoms with Gasteiger partial charge in [-0.25, -0.2) is 13.1 Å². The Kier molecular flexibility index (Phi) is 5.52. The topological polar surface area (TPSA) is 123 Å². The SMILES string of the molecule is CNS(=O)(=O)c1cccc(NC(=O)CNC(=O)c2ccc3c(c2)OCO3)c1C. The Morgan fingerprint density at radius 3 is 2.61 bits per heavy atom. The first-order chi connectivity index (χ1) is 13.3. The summed E-state index contributed by atoms with van der Waals surface area (Å²) >= 11 is 0. The molecule has 2 aromatic carbocycles. The van der Waals surface area contributed by atoms with Gasteiger partial charge in [0.15, 0.2) is 11.5 Å². The van der Waals surface area contributed by atoms with Crippen LogP contribution in [0.3, 0.4) is 0 Å². The van der Waals surface area contributed by atoms with E-state index in [1.165, 1.54) is 25.2 Å². The van der Waals surface area contributed by atoms with Crippen LogP contribution in [0.25, 0.3) is 0 Å². The Bertz CT molecular complexity index is 1040. The van der Waals surface area contributed by atoms with Crippen molar-refractivity contribution in [3.63, 3.8) is 0 Å². The number of carbonyl (C=O) groups excluding carboxylic acids is 2. The van der Waals surface area contributed by atoms with Crippen LogP contribution in [-0.2, 0) is 14.8 Å². The molecule has 0 spiro atoms. The molecule has 10 heteroatoms. The van der Waals surface area contributed by atoms with E-state index in [9.17, 15) is 18.0 Å². The van der Waals surface area contributed by atoms with Gasteiger partial charge in [-0.2, -0.15) is 0 Å². The van der Waals surface area contributed by atoms with Crippen molar-refractivity contribution in [3.05, 3.63) is 47.5 Å². The lowest BCUT2D eigenvalue weighted by Gasteiger charge is -2.13. The van der Waals surface area contributed by atoms with Gasteiger partial charge in [0.2, 0.25) is 22.7 Å². The molecule has 0 bridgehead atoms. The van der Waals surface area contributed by atoms with Crippen LogP contribution in [0.15, 0.2) is 41.3 Å². The summed E-state index contributed by atoms with van der Waals surface area (Å²) in [5.74, 6) is 0.0874. The van der Waals surface area contributed by atoms with Crippen molar-refractivity contribution >= 4 is 27.5 Å². The van der Waals surface area contributed by atoms with Crippen LogP contribution >= 0.6 is 0 Å². The van der Waals surface area contributed by atoms with Gasteiger partial charge in [0.05, 0.1) is 11.4 Å². The fraction of sp³-hybridized carbons (Fsp3) is 0.222. The van der Waals surface area contributed by atoms with E-state index in [1.54, 1.807) is 25.1 Å². The molecule has 0 aromatic heterocycles. The number of ether oxygens (including phenoxy) is 2. The van der Waals surface area contributed by atoms with Crippen molar-refractivity contribution in [1.82, 2.24) is 10.0 Å². The number of amides is 2. The number of fused-ring (bicyclic) bond motifs is 1. The van der Waals surface area contributed by atoms with Gasteiger partial charge in [-0.1, -0.05) is 6.07 Å². The van der Waals surface area contributed by atoms with Gasteiger partial charge in [-0.3, -0.25) is 9.59 Å². The van der Waals surface area contributed by atoms with Gasteiger partial charge in [-0.15, -0.1) is 0 Å². The van der Waals surface area contributed by atoms with Crippen molar-refractivity contribution in [2.24, 2.45) is 0 Å². The van der Waals surface area contributed by atoms with E-state index in [0.717, 1.165) is 0 Å². The monoisotopic (exact) mass is 405 g/mol. The molecule has 0 radical (unpaired) electrons. The van der Waals surface area contributed by atoms with Gasteiger partial charge < -0.3 is 20.1 Å². The summed E-state index contributed by atoms with van der Waals surface area (Å²) in [4.78, 5) is 24.5. The number of hydrogen-bond acceptors (Lipinski definition) is 6. The summed E-state index contributed by atoms with van der Waals surface area (Å²) in [6, 6.07) is 9.27. The highest BCUT2D eigenvalue weighted by atomic mass is 32.2. The summed E-state index contributed by atoms with van der Waals surface area (Å²) in [5.41, 5.74) is 1.07. The minimum atomic E-state index is -3.65. The maximum atomic E-state index is 12.2. The van der Waals surface area contributed by atoms with Crippen LogP contribution in [0.2, 0.25) is 0 Å². The molecular formula is C18H19N3O6S. The van der Waals surface area contributed by atoms with E-state index in [4.69, 9.17) is 9.47 Å². The van der Waals surface area contributed by atoms with Crippen LogP contribution in [0.4, 0.5) is 5.69 Å². The first-order valence-electron chi connectivity index (χ1n) is 8.32. The lowest BCUT2D eigenvalue weighted by Crippen LogP contribution is -2.33. The molecule has 2 aromatic rings. The van der Waals surface area contributed by atoms with Crippen LogP contribution in [0.1, 0.15) is 15.9 Å². The number of benzene rings is 2. The minimum Gasteiger partial charge on any atom is -0.454 e. The van der Waals surface area contributed by atoms with Crippen molar-refractivity contribution < 1.29 is 27.5 Å². The maximum absolute atomic E-state index is 12.2. The fourth-order valence-corrected chi connectivity index (χ4v) is 3.64. The Balaban J connectivity index is 1.63. The van der Waals surface area contributed by atoms with Crippen molar-refractivity contribution in [3.8, 4) is 11.5 Å². The first kappa shape index (κ1) is 19.6. The largest absolute Gasteiger partial charge is 0.454 e. The summed E-state index contributed by atoms with van der Waals surface area (Å²) in [5, 5.41) is 5.11. The van der Waals surface area contributed by atoms with E-state index in [2.05, 4.69) is 15.4 Å². The van der Waals surface area contributed by atoms with Crippen LogP contribution in [-0.4, -0.2) is 40.6 Å². The van der Waals surface area contributed by atoms with Gasteiger partial charge >= 0.3 is 0 Å². The van der Waals surface area contributed by atoms with Crippen LogP contribution in [0.5, 0.6) is 11.5 Å². The highest BCUT2D eigenvalue weighted by Gasteiger charge is 2.19. The Labute approximate surface area is 162 Å². The number of carbonyl (C=O) groups is 2. The number of sulfonamides is 1. The molecule has 28 heavy (non-hydrogen) atoms. The third-order valence-electron chi connectivity index (χ3n) is 4.16. The molecule has 0 saturated carbocycles. The minimum absolute atomic E-state index is 0.0668. The van der Waals surface area contributed by atoms with Gasteiger partial charge in [0.1, 0.15) is 0 Å². The zero-order valence-electron chi connectivity index (χ0n) is 15.2. The summed E-state index contributed by atoms with van der Waals surface area (Å²) in [6.45, 7) is 1.41. The van der Waals surface area contributed by atoms with Crippen molar-refractivity contribution in [2.45, 2.75) is 11.8 Å². The van der Waals surface area contributed by atoms with E-state index >= 15 is 0 Å². The molecule has 0 unspecified atom stereocenters. The molecule has 0 aliphatic carbocycles. The lowest BCUT2D eigenvalue weighted by atomic mass is 10.2. The van der Waals surface area contributed by atoms with Gasteiger partial charge in [0.25, 0.3) is 5.91 Å². The number of hydrogen-bond donors (Lipinski definition) is 3. The summed E-state index contributed by atoms with van der Waals surface area (Å²) in [6.07, 6.45) is 0. The van der Waals surface area contributed by atoms with Crippen molar-refractivity contribution in [1.29, 1.82) is 0 Å². The smallest absolute Gasteiger partial charge is 0.251 e. The van der Waals surface area contributed by atoms with E-state index in [-0.39, 0.29) is 18.2 Å².